The fourth-order valence-corrected chi connectivity index (χ4v) is 3.38. The molecule has 1 atom stereocenters. The Morgan fingerprint density at radius 3 is 3.11 bits per heavy atom. The molecular weight excluding hydrogens is 258 g/mol. The average molecular weight is 277 g/mol. The predicted molar refractivity (Wildman–Crippen MR) is 75.1 cm³/mol. The zero-order chi connectivity index (χ0) is 13.2. The van der Waals surface area contributed by atoms with E-state index < -0.39 is 0 Å². The van der Waals surface area contributed by atoms with Crippen molar-refractivity contribution in [2.75, 3.05) is 6.54 Å². The Morgan fingerprint density at radius 1 is 1.53 bits per heavy atom. The number of thiazole rings is 1. The molecule has 0 N–H and O–H groups in total. The molecule has 4 nitrogen and oxygen atoms in total. The highest BCUT2D eigenvalue weighted by atomic mass is 32.1. The molecule has 1 aliphatic heterocycles. The van der Waals surface area contributed by atoms with Gasteiger partial charge < -0.3 is 4.52 Å². The first-order valence-electron chi connectivity index (χ1n) is 6.83. The summed E-state index contributed by atoms with van der Waals surface area (Å²) in [4.78, 5) is 6.90. The van der Waals surface area contributed by atoms with Gasteiger partial charge in [-0.3, -0.25) is 4.90 Å². The van der Waals surface area contributed by atoms with Gasteiger partial charge in [-0.25, -0.2) is 4.98 Å². The summed E-state index contributed by atoms with van der Waals surface area (Å²) >= 11 is 1.75. The highest BCUT2D eigenvalue weighted by molar-refractivity contribution is 7.09. The second-order valence-corrected chi connectivity index (χ2v) is 6.30. The highest BCUT2D eigenvalue weighted by Crippen LogP contribution is 2.34. The second-order valence-electron chi connectivity index (χ2n) is 5.37. The summed E-state index contributed by atoms with van der Waals surface area (Å²) in [6.45, 7) is 6.22. The van der Waals surface area contributed by atoms with Crippen molar-refractivity contribution >= 4 is 11.3 Å². The van der Waals surface area contributed by atoms with E-state index in [9.17, 15) is 0 Å². The zero-order valence-electron chi connectivity index (χ0n) is 11.4. The molecular formula is C14H19N3OS. The van der Waals surface area contributed by atoms with Crippen molar-refractivity contribution in [3.05, 3.63) is 34.1 Å². The van der Waals surface area contributed by atoms with E-state index in [0.717, 1.165) is 24.5 Å². The molecule has 2 aromatic rings. The topological polar surface area (TPSA) is 42.2 Å². The lowest BCUT2D eigenvalue weighted by Gasteiger charge is -2.20. The van der Waals surface area contributed by atoms with Gasteiger partial charge in [0, 0.05) is 17.6 Å². The van der Waals surface area contributed by atoms with E-state index in [2.05, 4.69) is 40.3 Å². The maximum atomic E-state index is 5.44. The van der Waals surface area contributed by atoms with Gasteiger partial charge in [-0.2, -0.15) is 0 Å². The highest BCUT2D eigenvalue weighted by Gasteiger charge is 2.28. The van der Waals surface area contributed by atoms with Crippen LogP contribution in [0.25, 0.3) is 0 Å². The van der Waals surface area contributed by atoms with Crippen LogP contribution in [0, 0.1) is 0 Å². The van der Waals surface area contributed by atoms with E-state index in [4.69, 9.17) is 4.52 Å². The molecule has 19 heavy (non-hydrogen) atoms. The minimum Gasteiger partial charge on any atom is -0.360 e. The van der Waals surface area contributed by atoms with E-state index >= 15 is 0 Å². The summed E-state index contributed by atoms with van der Waals surface area (Å²) in [6, 6.07) is 2.54. The largest absolute Gasteiger partial charge is 0.360 e. The molecule has 1 fully saturated rings. The summed E-state index contributed by atoms with van der Waals surface area (Å²) in [6.07, 6.45) is 4.32. The zero-order valence-corrected chi connectivity index (χ0v) is 12.2. The molecule has 0 aliphatic carbocycles. The Balaban J connectivity index is 1.71. The van der Waals surface area contributed by atoms with Gasteiger partial charge in [-0.15, -0.1) is 11.3 Å². The molecule has 1 aliphatic rings. The SMILES string of the molecule is CC(C)c1cc(CN2CCCC2c2nccs2)on1. The van der Waals surface area contributed by atoms with Crippen molar-refractivity contribution in [1.29, 1.82) is 0 Å². The lowest BCUT2D eigenvalue weighted by molar-refractivity contribution is 0.216. The number of nitrogens with zero attached hydrogens (tertiary/aromatic N) is 3. The molecule has 3 heterocycles. The summed E-state index contributed by atoms with van der Waals surface area (Å²) in [7, 11) is 0. The summed E-state index contributed by atoms with van der Waals surface area (Å²) in [5.41, 5.74) is 1.04. The van der Waals surface area contributed by atoms with Crippen molar-refractivity contribution in [3.8, 4) is 0 Å². The maximum Gasteiger partial charge on any atom is 0.151 e. The molecule has 0 aromatic carbocycles. The fraction of sp³-hybridized carbons (Fsp3) is 0.571. The van der Waals surface area contributed by atoms with Crippen LogP contribution in [0.5, 0.6) is 0 Å². The fourth-order valence-electron chi connectivity index (χ4n) is 2.57. The smallest absolute Gasteiger partial charge is 0.151 e. The quantitative estimate of drug-likeness (QED) is 0.856. The van der Waals surface area contributed by atoms with Crippen LogP contribution < -0.4 is 0 Å². The van der Waals surface area contributed by atoms with E-state index in [-0.39, 0.29) is 0 Å². The van der Waals surface area contributed by atoms with E-state index in [1.165, 1.54) is 17.8 Å². The number of hydrogen-bond donors (Lipinski definition) is 0. The molecule has 0 amide bonds. The van der Waals surface area contributed by atoms with Crippen LogP contribution in [-0.4, -0.2) is 21.6 Å². The number of aromatic nitrogens is 2. The van der Waals surface area contributed by atoms with Gasteiger partial charge in [0.15, 0.2) is 5.76 Å². The number of hydrogen-bond acceptors (Lipinski definition) is 5. The van der Waals surface area contributed by atoms with Crippen molar-refractivity contribution in [3.63, 3.8) is 0 Å². The predicted octanol–water partition coefficient (Wildman–Crippen LogP) is 3.59. The van der Waals surface area contributed by atoms with Crippen LogP contribution in [0.3, 0.4) is 0 Å². The first-order valence-corrected chi connectivity index (χ1v) is 7.71. The molecule has 0 spiro atoms. The van der Waals surface area contributed by atoms with Crippen molar-refractivity contribution in [1.82, 2.24) is 15.0 Å². The monoisotopic (exact) mass is 277 g/mol. The van der Waals surface area contributed by atoms with Gasteiger partial charge in [0.25, 0.3) is 0 Å². The molecule has 5 heteroatoms. The Labute approximate surface area is 117 Å². The van der Waals surface area contributed by atoms with E-state index in [1.54, 1.807) is 11.3 Å². The first-order chi connectivity index (χ1) is 9.24. The van der Waals surface area contributed by atoms with Crippen LogP contribution in [0.2, 0.25) is 0 Å². The minimum atomic E-state index is 0.422. The van der Waals surface area contributed by atoms with Crippen molar-refractivity contribution < 1.29 is 4.52 Å². The molecule has 0 radical (unpaired) electrons. The Kier molecular flexibility index (Phi) is 3.66. The normalized spacial score (nSPS) is 20.5. The lowest BCUT2D eigenvalue weighted by Crippen LogP contribution is -2.22. The summed E-state index contributed by atoms with van der Waals surface area (Å²) in [5, 5.41) is 7.41. The Bertz CT molecular complexity index is 521. The number of likely N-dealkylation sites (tertiary alicyclic amines) is 1. The van der Waals surface area contributed by atoms with Crippen molar-refractivity contribution in [2.24, 2.45) is 0 Å². The van der Waals surface area contributed by atoms with Gasteiger partial charge in [-0.1, -0.05) is 19.0 Å². The molecule has 3 rings (SSSR count). The van der Waals surface area contributed by atoms with E-state index in [0.29, 0.717) is 12.0 Å². The van der Waals surface area contributed by atoms with Crippen LogP contribution in [0.1, 0.15) is 55.1 Å². The lowest BCUT2D eigenvalue weighted by atomic mass is 10.1. The number of rotatable bonds is 4. The van der Waals surface area contributed by atoms with Crippen molar-refractivity contribution in [2.45, 2.75) is 45.2 Å². The summed E-state index contributed by atoms with van der Waals surface area (Å²) in [5.74, 6) is 1.39. The molecule has 0 bridgehead atoms. The van der Waals surface area contributed by atoms with Gasteiger partial charge >= 0.3 is 0 Å². The molecule has 1 unspecified atom stereocenters. The first kappa shape index (κ1) is 12.8. The van der Waals surface area contributed by atoms with Crippen LogP contribution in [0.15, 0.2) is 22.2 Å². The molecule has 1 saturated heterocycles. The van der Waals surface area contributed by atoms with Gasteiger partial charge in [0.2, 0.25) is 0 Å². The van der Waals surface area contributed by atoms with Crippen LogP contribution in [0.4, 0.5) is 0 Å². The second kappa shape index (κ2) is 5.43. The van der Waals surface area contributed by atoms with Gasteiger partial charge in [-0.05, 0) is 25.3 Å². The van der Waals surface area contributed by atoms with Crippen LogP contribution >= 0.6 is 11.3 Å². The molecule has 102 valence electrons. The minimum absolute atomic E-state index is 0.422. The summed E-state index contributed by atoms with van der Waals surface area (Å²) < 4.78 is 5.44. The Morgan fingerprint density at radius 2 is 2.42 bits per heavy atom. The maximum absolute atomic E-state index is 5.44. The molecule has 0 saturated carbocycles. The third kappa shape index (κ3) is 2.72. The van der Waals surface area contributed by atoms with Gasteiger partial charge in [0.05, 0.1) is 18.3 Å². The van der Waals surface area contributed by atoms with Crippen LogP contribution in [-0.2, 0) is 6.54 Å². The third-order valence-electron chi connectivity index (χ3n) is 3.63. The average Bonchev–Trinajstić information content (AvgIpc) is 3.09. The van der Waals surface area contributed by atoms with E-state index in [1.807, 2.05) is 6.20 Å². The third-order valence-corrected chi connectivity index (χ3v) is 4.50. The van der Waals surface area contributed by atoms with Gasteiger partial charge in [0.1, 0.15) is 5.01 Å². The Hall–Kier alpha value is -1.20. The molecule has 2 aromatic heterocycles. The standard InChI is InChI=1S/C14H19N3OS/c1-10(2)12-8-11(18-16-12)9-17-6-3-4-13(17)14-15-5-7-19-14/h5,7-8,10,13H,3-4,6,9H2,1-2H3.